The van der Waals surface area contributed by atoms with E-state index in [4.69, 9.17) is 9.72 Å². The molecule has 100 valence electrons. The molecule has 4 heteroatoms. The molecular formula is C14H23N3O. The van der Waals surface area contributed by atoms with Crippen molar-refractivity contribution in [1.82, 2.24) is 9.97 Å². The van der Waals surface area contributed by atoms with Gasteiger partial charge >= 0.3 is 0 Å². The van der Waals surface area contributed by atoms with Gasteiger partial charge in [-0.2, -0.15) is 0 Å². The molecule has 1 N–H and O–H groups in total. The Kier molecular flexibility index (Phi) is 4.53. The van der Waals surface area contributed by atoms with Gasteiger partial charge in [0, 0.05) is 25.4 Å². The lowest BCUT2D eigenvalue weighted by atomic mass is 9.96. The zero-order chi connectivity index (χ0) is 13.0. The van der Waals surface area contributed by atoms with Gasteiger partial charge in [-0.1, -0.05) is 13.3 Å². The molecule has 1 aromatic heterocycles. The Morgan fingerprint density at radius 2 is 2.06 bits per heavy atom. The van der Waals surface area contributed by atoms with Gasteiger partial charge in [0.25, 0.3) is 0 Å². The number of nitrogens with zero attached hydrogens (tertiary/aromatic N) is 2. The molecule has 1 aliphatic rings. The maximum atomic E-state index is 5.51. The number of methoxy groups -OCH3 is 1. The monoisotopic (exact) mass is 249 g/mol. The summed E-state index contributed by atoms with van der Waals surface area (Å²) >= 11 is 0. The van der Waals surface area contributed by atoms with Crippen LogP contribution >= 0.6 is 0 Å². The lowest BCUT2D eigenvalue weighted by molar-refractivity contribution is 0.0874. The van der Waals surface area contributed by atoms with Crippen LogP contribution in [0.15, 0.2) is 0 Å². The molecule has 0 fully saturated rings. The molecule has 0 spiro atoms. The molecule has 2 rings (SSSR count). The van der Waals surface area contributed by atoms with Gasteiger partial charge in [0.15, 0.2) is 5.82 Å². The maximum Gasteiger partial charge on any atom is 0.159 e. The summed E-state index contributed by atoms with van der Waals surface area (Å²) in [6, 6.07) is 0. The minimum atomic E-state index is 0.0225. The van der Waals surface area contributed by atoms with Gasteiger partial charge in [-0.05, 0) is 32.1 Å². The highest BCUT2D eigenvalue weighted by atomic mass is 16.5. The van der Waals surface area contributed by atoms with Crippen LogP contribution in [0, 0.1) is 0 Å². The molecule has 0 bridgehead atoms. The van der Waals surface area contributed by atoms with E-state index in [1.165, 1.54) is 24.1 Å². The van der Waals surface area contributed by atoms with Crippen LogP contribution in [0.25, 0.3) is 0 Å². The molecule has 1 aromatic rings. The lowest BCUT2D eigenvalue weighted by Gasteiger charge is -2.21. The minimum Gasteiger partial charge on any atom is -0.373 e. The van der Waals surface area contributed by atoms with Gasteiger partial charge in [0.05, 0.1) is 0 Å². The fourth-order valence-corrected chi connectivity index (χ4v) is 2.58. The fraction of sp³-hybridized carbons (Fsp3) is 0.714. The maximum absolute atomic E-state index is 5.51. The van der Waals surface area contributed by atoms with Crippen molar-refractivity contribution in [3.05, 3.63) is 17.1 Å². The first-order valence-electron chi connectivity index (χ1n) is 6.90. The number of hydrogen-bond acceptors (Lipinski definition) is 4. The molecule has 1 aliphatic carbocycles. The Labute approximate surface area is 109 Å². The van der Waals surface area contributed by atoms with E-state index in [-0.39, 0.29) is 6.10 Å². The van der Waals surface area contributed by atoms with Gasteiger partial charge in [-0.3, -0.25) is 0 Å². The smallest absolute Gasteiger partial charge is 0.159 e. The van der Waals surface area contributed by atoms with Crippen LogP contribution in [0.1, 0.15) is 55.8 Å². The minimum absolute atomic E-state index is 0.0225. The Hall–Kier alpha value is -1.16. The van der Waals surface area contributed by atoms with Crippen LogP contribution in [0.3, 0.4) is 0 Å². The molecule has 1 unspecified atom stereocenters. The van der Waals surface area contributed by atoms with E-state index >= 15 is 0 Å². The number of aromatic nitrogens is 2. The van der Waals surface area contributed by atoms with Gasteiger partial charge < -0.3 is 10.1 Å². The molecule has 0 saturated carbocycles. The highest BCUT2D eigenvalue weighted by Crippen LogP contribution is 2.28. The van der Waals surface area contributed by atoms with Crippen LogP contribution in [-0.4, -0.2) is 24.1 Å². The van der Waals surface area contributed by atoms with Crippen molar-refractivity contribution in [2.75, 3.05) is 19.5 Å². The average Bonchev–Trinajstić information content (AvgIpc) is 2.43. The predicted molar refractivity (Wildman–Crippen MR) is 72.9 cm³/mol. The van der Waals surface area contributed by atoms with Gasteiger partial charge in [0.2, 0.25) is 0 Å². The molecule has 0 aromatic carbocycles. The van der Waals surface area contributed by atoms with Crippen molar-refractivity contribution in [2.45, 2.75) is 51.6 Å². The first kappa shape index (κ1) is 13.3. The second-order valence-corrected chi connectivity index (χ2v) is 4.83. The van der Waals surface area contributed by atoms with E-state index < -0.39 is 0 Å². The van der Waals surface area contributed by atoms with Crippen molar-refractivity contribution in [3.63, 3.8) is 0 Å². The summed E-state index contributed by atoms with van der Waals surface area (Å²) in [5.74, 6) is 1.83. The summed E-state index contributed by atoms with van der Waals surface area (Å²) in [5.41, 5.74) is 2.52. The molecule has 4 nitrogen and oxygen atoms in total. The molecule has 0 amide bonds. The van der Waals surface area contributed by atoms with E-state index in [1.54, 1.807) is 7.11 Å². The number of hydrogen-bond donors (Lipinski definition) is 1. The summed E-state index contributed by atoms with van der Waals surface area (Å²) < 4.78 is 5.51. The summed E-state index contributed by atoms with van der Waals surface area (Å²) in [6.07, 6.45) is 6.71. The van der Waals surface area contributed by atoms with Crippen LogP contribution in [0.4, 0.5) is 5.82 Å². The summed E-state index contributed by atoms with van der Waals surface area (Å²) in [4.78, 5) is 9.38. The summed E-state index contributed by atoms with van der Waals surface area (Å²) in [7, 11) is 3.67. The topological polar surface area (TPSA) is 47.0 Å². The third kappa shape index (κ3) is 2.64. The highest BCUT2D eigenvalue weighted by molar-refractivity contribution is 5.47. The quantitative estimate of drug-likeness (QED) is 0.871. The first-order chi connectivity index (χ1) is 8.80. The second kappa shape index (κ2) is 6.14. The second-order valence-electron chi connectivity index (χ2n) is 4.83. The predicted octanol–water partition coefficient (Wildman–Crippen LogP) is 2.88. The van der Waals surface area contributed by atoms with Crippen LogP contribution < -0.4 is 5.32 Å². The Balaban J connectivity index is 2.36. The van der Waals surface area contributed by atoms with E-state index in [1.807, 2.05) is 7.05 Å². The largest absolute Gasteiger partial charge is 0.373 e. The Bertz CT molecular complexity index is 389. The van der Waals surface area contributed by atoms with E-state index in [2.05, 4.69) is 17.2 Å². The SMILES string of the molecule is CCCC(OC)c1nc2c(c(NC)n1)CCCC2. The zero-order valence-electron chi connectivity index (χ0n) is 11.6. The Morgan fingerprint density at radius 3 is 2.72 bits per heavy atom. The summed E-state index contributed by atoms with van der Waals surface area (Å²) in [6.45, 7) is 2.16. The van der Waals surface area contributed by atoms with Crippen molar-refractivity contribution in [1.29, 1.82) is 0 Å². The molecule has 1 atom stereocenters. The van der Waals surface area contributed by atoms with Crippen molar-refractivity contribution >= 4 is 5.82 Å². The third-order valence-corrected chi connectivity index (χ3v) is 3.56. The molecule has 0 radical (unpaired) electrons. The zero-order valence-corrected chi connectivity index (χ0v) is 11.6. The standard InChI is InChI=1S/C14H23N3O/c1-4-7-12(18-3)14-16-11-9-6-5-8-10(11)13(15-2)17-14/h12H,4-9H2,1-3H3,(H,15,16,17). The molecule has 0 saturated heterocycles. The lowest BCUT2D eigenvalue weighted by Crippen LogP contribution is -2.16. The van der Waals surface area contributed by atoms with Crippen molar-refractivity contribution in [3.8, 4) is 0 Å². The van der Waals surface area contributed by atoms with Crippen molar-refractivity contribution < 1.29 is 4.74 Å². The molecule has 18 heavy (non-hydrogen) atoms. The van der Waals surface area contributed by atoms with Gasteiger partial charge in [-0.25, -0.2) is 9.97 Å². The van der Waals surface area contributed by atoms with E-state index in [0.717, 1.165) is 37.3 Å². The number of fused-ring (bicyclic) bond motifs is 1. The van der Waals surface area contributed by atoms with Crippen LogP contribution in [0.5, 0.6) is 0 Å². The number of nitrogens with one attached hydrogen (secondary N) is 1. The third-order valence-electron chi connectivity index (χ3n) is 3.56. The number of anilines is 1. The molecule has 0 aliphatic heterocycles. The fourth-order valence-electron chi connectivity index (χ4n) is 2.58. The first-order valence-corrected chi connectivity index (χ1v) is 6.90. The van der Waals surface area contributed by atoms with Gasteiger partial charge in [0.1, 0.15) is 11.9 Å². The molecule has 1 heterocycles. The Morgan fingerprint density at radius 1 is 1.28 bits per heavy atom. The normalized spacial score (nSPS) is 16.2. The van der Waals surface area contributed by atoms with Crippen LogP contribution in [-0.2, 0) is 17.6 Å². The summed E-state index contributed by atoms with van der Waals surface area (Å²) in [5, 5.41) is 3.21. The molecular weight excluding hydrogens is 226 g/mol. The van der Waals surface area contributed by atoms with E-state index in [0.29, 0.717) is 0 Å². The average molecular weight is 249 g/mol. The number of rotatable bonds is 5. The van der Waals surface area contributed by atoms with Crippen molar-refractivity contribution in [2.24, 2.45) is 0 Å². The number of aryl methyl sites for hydroxylation is 1. The van der Waals surface area contributed by atoms with E-state index in [9.17, 15) is 0 Å². The number of ether oxygens (including phenoxy) is 1. The highest BCUT2D eigenvalue weighted by Gasteiger charge is 2.20. The van der Waals surface area contributed by atoms with Crippen LogP contribution in [0.2, 0.25) is 0 Å². The van der Waals surface area contributed by atoms with Gasteiger partial charge in [-0.15, -0.1) is 0 Å².